The van der Waals surface area contributed by atoms with E-state index in [-0.39, 0.29) is 5.56 Å². The molecule has 0 saturated carbocycles. The zero-order valence-electron chi connectivity index (χ0n) is 13.3. The fourth-order valence-corrected chi connectivity index (χ4v) is 3.02. The number of aromatic nitrogens is 3. The van der Waals surface area contributed by atoms with Crippen LogP contribution in [0.3, 0.4) is 0 Å². The van der Waals surface area contributed by atoms with E-state index in [0.717, 1.165) is 27.4 Å². The number of H-pyrrole nitrogens is 3. The highest BCUT2D eigenvalue weighted by Gasteiger charge is 2.02. The number of hydrogen-bond donors (Lipinski definition) is 3. The largest absolute Gasteiger partial charge is 0.361 e. The number of nitrogens with one attached hydrogen (secondary N) is 3. The van der Waals surface area contributed by atoms with Gasteiger partial charge in [0.2, 0.25) is 0 Å². The molecule has 124 valence electrons. The molecule has 0 aliphatic heterocycles. The van der Waals surface area contributed by atoms with Crippen molar-refractivity contribution in [2.24, 2.45) is 0 Å². The van der Waals surface area contributed by atoms with Crippen molar-refractivity contribution in [2.45, 2.75) is 6.42 Å². The van der Waals surface area contributed by atoms with Gasteiger partial charge in [-0.15, -0.1) is 0 Å². The molecule has 5 heteroatoms. The van der Waals surface area contributed by atoms with E-state index in [4.69, 9.17) is 11.6 Å². The first-order valence-electron chi connectivity index (χ1n) is 8.00. The lowest BCUT2D eigenvalue weighted by atomic mass is 10.1. The predicted octanol–water partition coefficient (Wildman–Crippen LogP) is 2.69. The molecule has 0 unspecified atom stereocenters. The maximum atomic E-state index is 12.2. The minimum Gasteiger partial charge on any atom is -0.361 e. The summed E-state index contributed by atoms with van der Waals surface area (Å²) in [4.78, 5) is 15.4. The molecule has 0 aliphatic carbocycles. The second-order valence-corrected chi connectivity index (χ2v) is 6.31. The summed E-state index contributed by atoms with van der Waals surface area (Å²) in [5.41, 5.74) is 3.03. The number of fused-ring (bicyclic) bond motifs is 1. The number of aromatic amines is 3. The average molecular weight is 350 g/mol. The molecule has 2 heterocycles. The quantitative estimate of drug-likeness (QED) is 0.523. The van der Waals surface area contributed by atoms with Crippen LogP contribution in [0.25, 0.3) is 23.1 Å². The van der Waals surface area contributed by atoms with Crippen LogP contribution in [0, 0.1) is 0 Å². The first-order valence-corrected chi connectivity index (χ1v) is 8.37. The fraction of sp³-hybridized carbons (Fsp3) is 0.0500. The van der Waals surface area contributed by atoms with E-state index < -0.39 is 0 Å². The first-order chi connectivity index (χ1) is 12.2. The van der Waals surface area contributed by atoms with Crippen molar-refractivity contribution in [3.63, 3.8) is 0 Å². The zero-order chi connectivity index (χ0) is 17.2. The lowest BCUT2D eigenvalue weighted by Gasteiger charge is -1.95. The third-order valence-electron chi connectivity index (χ3n) is 4.22. The van der Waals surface area contributed by atoms with Gasteiger partial charge in [-0.2, -0.15) is 0 Å². The van der Waals surface area contributed by atoms with Crippen LogP contribution < -0.4 is 16.1 Å². The molecule has 0 amide bonds. The van der Waals surface area contributed by atoms with Crippen LogP contribution in [-0.2, 0) is 6.42 Å². The molecular weight excluding hydrogens is 334 g/mol. The topological polar surface area (TPSA) is 64.4 Å². The number of benzene rings is 2. The van der Waals surface area contributed by atoms with Crippen LogP contribution in [0.1, 0.15) is 11.1 Å². The molecule has 0 saturated heterocycles. The summed E-state index contributed by atoms with van der Waals surface area (Å²) in [7, 11) is 0. The van der Waals surface area contributed by atoms with Crippen molar-refractivity contribution in [2.75, 3.05) is 0 Å². The monoisotopic (exact) mass is 349 g/mol. The van der Waals surface area contributed by atoms with Gasteiger partial charge in [-0.25, -0.2) is 0 Å². The molecule has 25 heavy (non-hydrogen) atoms. The predicted molar refractivity (Wildman–Crippen MR) is 102 cm³/mol. The first kappa shape index (κ1) is 15.5. The van der Waals surface area contributed by atoms with Gasteiger partial charge in [-0.1, -0.05) is 48.0 Å². The fourth-order valence-electron chi connectivity index (χ4n) is 2.89. The molecule has 2 aromatic carbocycles. The van der Waals surface area contributed by atoms with Gasteiger partial charge in [-0.3, -0.25) is 15.0 Å². The van der Waals surface area contributed by atoms with E-state index in [1.165, 1.54) is 0 Å². The number of halogens is 1. The number of rotatable bonds is 3. The summed E-state index contributed by atoms with van der Waals surface area (Å²) < 4.78 is 0. The second kappa shape index (κ2) is 6.49. The van der Waals surface area contributed by atoms with E-state index in [2.05, 4.69) is 15.2 Å². The SMILES string of the molecule is O=c1[nH][nH]c(=CCc2ccc(Cl)cc2)c1=Cc1c[nH]c2ccccc12. The summed E-state index contributed by atoms with van der Waals surface area (Å²) in [5.74, 6) is 0. The Balaban J connectivity index is 1.78. The Morgan fingerprint density at radius 1 is 1.00 bits per heavy atom. The zero-order valence-corrected chi connectivity index (χ0v) is 14.1. The van der Waals surface area contributed by atoms with Crippen molar-refractivity contribution in [3.05, 3.63) is 91.8 Å². The Morgan fingerprint density at radius 3 is 2.64 bits per heavy atom. The second-order valence-electron chi connectivity index (χ2n) is 5.88. The molecule has 0 fully saturated rings. The highest BCUT2D eigenvalue weighted by Crippen LogP contribution is 2.17. The molecule has 4 rings (SSSR count). The number of para-hydroxylation sites is 1. The molecule has 0 spiro atoms. The minimum atomic E-state index is -0.132. The Labute approximate surface area is 148 Å². The third kappa shape index (κ3) is 3.16. The van der Waals surface area contributed by atoms with Gasteiger partial charge in [0, 0.05) is 27.7 Å². The van der Waals surface area contributed by atoms with Gasteiger partial charge < -0.3 is 4.98 Å². The summed E-state index contributed by atoms with van der Waals surface area (Å²) in [6, 6.07) is 15.7. The molecule has 0 bridgehead atoms. The van der Waals surface area contributed by atoms with Crippen molar-refractivity contribution in [1.82, 2.24) is 15.2 Å². The van der Waals surface area contributed by atoms with E-state index in [1.54, 1.807) is 0 Å². The smallest absolute Gasteiger partial charge is 0.271 e. The minimum absolute atomic E-state index is 0.132. The van der Waals surface area contributed by atoms with Crippen LogP contribution in [-0.4, -0.2) is 15.2 Å². The molecule has 0 radical (unpaired) electrons. The summed E-state index contributed by atoms with van der Waals surface area (Å²) in [6.45, 7) is 0. The normalized spacial score (nSPS) is 13.0. The van der Waals surface area contributed by atoms with Gasteiger partial charge in [0.25, 0.3) is 5.56 Å². The van der Waals surface area contributed by atoms with E-state index in [9.17, 15) is 4.79 Å². The molecular formula is C20H16ClN3O. The maximum absolute atomic E-state index is 12.2. The molecule has 0 atom stereocenters. The molecule has 3 N–H and O–H groups in total. The van der Waals surface area contributed by atoms with Gasteiger partial charge >= 0.3 is 0 Å². The van der Waals surface area contributed by atoms with E-state index >= 15 is 0 Å². The Hall–Kier alpha value is -2.98. The standard InChI is InChI=1S/C20H16ClN3O/c21-15-8-5-13(6-9-15)7-10-19-17(20(25)24-23-19)11-14-12-22-18-4-2-1-3-16(14)18/h1-6,8-12,22-23H,7H2,(H,24,25). The lowest BCUT2D eigenvalue weighted by molar-refractivity contribution is 1.03. The van der Waals surface area contributed by atoms with Gasteiger partial charge in [0.15, 0.2) is 0 Å². The van der Waals surface area contributed by atoms with Crippen molar-refractivity contribution < 1.29 is 0 Å². The third-order valence-corrected chi connectivity index (χ3v) is 4.47. The molecule has 4 aromatic rings. The lowest BCUT2D eigenvalue weighted by Crippen LogP contribution is -2.33. The summed E-state index contributed by atoms with van der Waals surface area (Å²) in [6.07, 6.45) is 6.53. The molecule has 2 aromatic heterocycles. The van der Waals surface area contributed by atoms with Crippen LogP contribution >= 0.6 is 11.6 Å². The van der Waals surface area contributed by atoms with Crippen molar-refractivity contribution >= 4 is 34.7 Å². The van der Waals surface area contributed by atoms with Crippen LogP contribution in [0.2, 0.25) is 5.02 Å². The molecule has 4 nitrogen and oxygen atoms in total. The Morgan fingerprint density at radius 2 is 1.80 bits per heavy atom. The van der Waals surface area contributed by atoms with Crippen LogP contribution in [0.4, 0.5) is 0 Å². The summed E-state index contributed by atoms with van der Waals surface area (Å²) in [5, 5.41) is 8.84. The number of hydrogen-bond acceptors (Lipinski definition) is 1. The van der Waals surface area contributed by atoms with Crippen molar-refractivity contribution in [1.29, 1.82) is 0 Å². The van der Waals surface area contributed by atoms with Crippen LogP contribution in [0.5, 0.6) is 0 Å². The van der Waals surface area contributed by atoms with E-state index in [0.29, 0.717) is 16.7 Å². The van der Waals surface area contributed by atoms with Crippen LogP contribution in [0.15, 0.2) is 59.5 Å². The Bertz CT molecular complexity index is 1200. The van der Waals surface area contributed by atoms with Gasteiger partial charge in [-0.05, 0) is 36.3 Å². The average Bonchev–Trinajstić information content (AvgIpc) is 3.20. The summed E-state index contributed by atoms with van der Waals surface area (Å²) >= 11 is 5.91. The maximum Gasteiger partial charge on any atom is 0.271 e. The molecule has 0 aliphatic rings. The highest BCUT2D eigenvalue weighted by molar-refractivity contribution is 6.30. The van der Waals surface area contributed by atoms with Crippen molar-refractivity contribution in [3.8, 4) is 0 Å². The van der Waals surface area contributed by atoms with Gasteiger partial charge in [0.05, 0.1) is 10.6 Å². The Kier molecular flexibility index (Phi) is 4.04. The highest BCUT2D eigenvalue weighted by atomic mass is 35.5. The van der Waals surface area contributed by atoms with E-state index in [1.807, 2.05) is 66.9 Å². The van der Waals surface area contributed by atoms with Gasteiger partial charge in [0.1, 0.15) is 0 Å².